The Kier molecular flexibility index (Phi) is 5.74. The van der Waals surface area contributed by atoms with Gasteiger partial charge in [0.05, 0.1) is 6.10 Å². The summed E-state index contributed by atoms with van der Waals surface area (Å²) >= 11 is 5.64. The first kappa shape index (κ1) is 13.4. The second-order valence-corrected chi connectivity index (χ2v) is 4.25. The highest BCUT2D eigenvalue weighted by Gasteiger charge is 2.05. The van der Waals surface area contributed by atoms with Crippen LogP contribution in [0.15, 0.2) is 18.2 Å². The fraction of sp³-hybridized carbons (Fsp3) is 0.500. The van der Waals surface area contributed by atoms with Gasteiger partial charge in [-0.05, 0) is 18.6 Å². The lowest BCUT2D eigenvalue weighted by atomic mass is 10.2. The van der Waals surface area contributed by atoms with E-state index in [2.05, 4.69) is 5.32 Å². The van der Waals surface area contributed by atoms with Gasteiger partial charge in [-0.3, -0.25) is 0 Å². The molecule has 2 nitrogen and oxygen atoms in total. The van der Waals surface area contributed by atoms with E-state index in [1.165, 1.54) is 6.07 Å². The third kappa shape index (κ3) is 4.47. The van der Waals surface area contributed by atoms with Crippen molar-refractivity contribution in [3.8, 4) is 0 Å². The molecule has 1 aromatic carbocycles. The molecule has 0 saturated carbocycles. The van der Waals surface area contributed by atoms with Crippen LogP contribution in [0, 0.1) is 5.82 Å². The number of nitrogens with one attached hydrogen (secondary N) is 1. The first-order valence-corrected chi connectivity index (χ1v) is 5.84. The minimum atomic E-state index is -0.361. The van der Waals surface area contributed by atoms with E-state index in [0.29, 0.717) is 23.7 Å². The van der Waals surface area contributed by atoms with Gasteiger partial charge in [-0.2, -0.15) is 0 Å². The van der Waals surface area contributed by atoms with Crippen LogP contribution in [0.2, 0.25) is 5.02 Å². The normalized spacial score (nSPS) is 12.8. The summed E-state index contributed by atoms with van der Waals surface area (Å²) in [4.78, 5) is 0. The van der Waals surface area contributed by atoms with E-state index in [-0.39, 0.29) is 11.9 Å². The summed E-state index contributed by atoms with van der Waals surface area (Å²) in [6, 6.07) is 4.60. The zero-order valence-corrected chi connectivity index (χ0v) is 10.1. The third-order valence-corrected chi connectivity index (χ3v) is 2.57. The quantitative estimate of drug-likeness (QED) is 0.808. The van der Waals surface area contributed by atoms with E-state index < -0.39 is 0 Å². The smallest absolute Gasteiger partial charge is 0.129 e. The molecule has 0 heterocycles. The van der Waals surface area contributed by atoms with Crippen LogP contribution in [-0.2, 0) is 6.54 Å². The van der Waals surface area contributed by atoms with Crippen molar-refractivity contribution in [3.05, 3.63) is 34.6 Å². The zero-order chi connectivity index (χ0) is 12.0. The molecule has 0 saturated heterocycles. The SMILES string of the molecule is CCCC(O)CNCc1ccc(Cl)cc1F. The Morgan fingerprint density at radius 3 is 2.88 bits per heavy atom. The predicted molar refractivity (Wildman–Crippen MR) is 64.0 cm³/mol. The molecule has 90 valence electrons. The summed E-state index contributed by atoms with van der Waals surface area (Å²) in [5.41, 5.74) is 0.563. The van der Waals surface area contributed by atoms with Crippen molar-refractivity contribution in [1.29, 1.82) is 0 Å². The molecule has 0 aliphatic heterocycles. The molecule has 1 atom stereocenters. The fourth-order valence-corrected chi connectivity index (χ4v) is 1.63. The van der Waals surface area contributed by atoms with Crippen LogP contribution in [0.1, 0.15) is 25.3 Å². The molecule has 0 fully saturated rings. The molecular weight excluding hydrogens is 229 g/mol. The van der Waals surface area contributed by atoms with E-state index >= 15 is 0 Å². The largest absolute Gasteiger partial charge is 0.392 e. The van der Waals surface area contributed by atoms with E-state index in [0.717, 1.165) is 12.8 Å². The number of hydrogen-bond donors (Lipinski definition) is 2. The number of aliphatic hydroxyl groups is 1. The molecule has 0 aromatic heterocycles. The van der Waals surface area contributed by atoms with Crippen molar-refractivity contribution >= 4 is 11.6 Å². The fourth-order valence-electron chi connectivity index (χ4n) is 1.47. The summed E-state index contributed by atoms with van der Waals surface area (Å²) in [6.45, 7) is 2.90. The number of hydrogen-bond acceptors (Lipinski definition) is 2. The van der Waals surface area contributed by atoms with Crippen molar-refractivity contribution in [2.45, 2.75) is 32.4 Å². The number of aliphatic hydroxyl groups excluding tert-OH is 1. The van der Waals surface area contributed by atoms with Gasteiger partial charge in [-0.15, -0.1) is 0 Å². The highest BCUT2D eigenvalue weighted by Crippen LogP contribution is 2.14. The van der Waals surface area contributed by atoms with Crippen LogP contribution in [0.4, 0.5) is 4.39 Å². The Labute approximate surface area is 100 Å². The number of halogens is 2. The van der Waals surface area contributed by atoms with Crippen molar-refractivity contribution in [2.75, 3.05) is 6.54 Å². The maximum Gasteiger partial charge on any atom is 0.129 e. The molecule has 0 radical (unpaired) electrons. The van der Waals surface area contributed by atoms with Crippen molar-refractivity contribution in [2.24, 2.45) is 0 Å². The molecule has 0 spiro atoms. The first-order valence-electron chi connectivity index (χ1n) is 5.46. The second-order valence-electron chi connectivity index (χ2n) is 3.81. The maximum absolute atomic E-state index is 13.3. The molecule has 2 N–H and O–H groups in total. The van der Waals surface area contributed by atoms with Crippen LogP contribution in [-0.4, -0.2) is 17.8 Å². The predicted octanol–water partition coefficient (Wildman–Crippen LogP) is 2.73. The van der Waals surface area contributed by atoms with E-state index in [4.69, 9.17) is 11.6 Å². The molecule has 0 aliphatic rings. The van der Waals surface area contributed by atoms with Crippen LogP contribution >= 0.6 is 11.6 Å². The second kappa shape index (κ2) is 6.84. The molecule has 0 amide bonds. The van der Waals surface area contributed by atoms with Gasteiger partial charge in [0.2, 0.25) is 0 Å². The number of benzene rings is 1. The molecule has 0 bridgehead atoms. The van der Waals surface area contributed by atoms with Crippen molar-refractivity contribution in [3.63, 3.8) is 0 Å². The Morgan fingerprint density at radius 1 is 1.50 bits per heavy atom. The summed E-state index contributed by atoms with van der Waals surface area (Å²) in [7, 11) is 0. The highest BCUT2D eigenvalue weighted by atomic mass is 35.5. The minimum Gasteiger partial charge on any atom is -0.392 e. The zero-order valence-electron chi connectivity index (χ0n) is 9.34. The average molecular weight is 246 g/mol. The van der Waals surface area contributed by atoms with Gasteiger partial charge in [0.25, 0.3) is 0 Å². The van der Waals surface area contributed by atoms with E-state index in [1.54, 1.807) is 12.1 Å². The Hall–Kier alpha value is -0.640. The standard InChI is InChI=1S/C12H17ClFNO/c1-2-3-11(16)8-15-7-9-4-5-10(13)6-12(9)14/h4-6,11,15-16H,2-3,7-8H2,1H3. The topological polar surface area (TPSA) is 32.3 Å². The minimum absolute atomic E-state index is 0.315. The molecule has 16 heavy (non-hydrogen) atoms. The van der Waals surface area contributed by atoms with Gasteiger partial charge < -0.3 is 10.4 Å². The lowest BCUT2D eigenvalue weighted by Crippen LogP contribution is -2.26. The first-order chi connectivity index (χ1) is 7.63. The van der Waals surface area contributed by atoms with Gasteiger partial charge in [-0.25, -0.2) is 4.39 Å². The molecule has 0 aliphatic carbocycles. The monoisotopic (exact) mass is 245 g/mol. The molecule has 1 aromatic rings. The van der Waals surface area contributed by atoms with Crippen LogP contribution < -0.4 is 5.32 Å². The van der Waals surface area contributed by atoms with Gasteiger partial charge in [-0.1, -0.05) is 31.0 Å². The van der Waals surface area contributed by atoms with Crippen molar-refractivity contribution in [1.82, 2.24) is 5.32 Å². The van der Waals surface area contributed by atoms with Gasteiger partial charge >= 0.3 is 0 Å². The summed E-state index contributed by atoms with van der Waals surface area (Å²) in [5, 5.41) is 12.9. The van der Waals surface area contributed by atoms with Gasteiger partial charge in [0, 0.05) is 23.7 Å². The van der Waals surface area contributed by atoms with Crippen LogP contribution in [0.3, 0.4) is 0 Å². The molecule has 1 unspecified atom stereocenters. The molecule has 1 rings (SSSR count). The van der Waals surface area contributed by atoms with E-state index in [1.807, 2.05) is 6.92 Å². The number of rotatable bonds is 6. The van der Waals surface area contributed by atoms with Gasteiger partial charge in [0.15, 0.2) is 0 Å². The third-order valence-electron chi connectivity index (χ3n) is 2.33. The summed E-state index contributed by atoms with van der Waals surface area (Å²) in [6.07, 6.45) is 1.34. The Morgan fingerprint density at radius 2 is 2.25 bits per heavy atom. The lowest BCUT2D eigenvalue weighted by molar-refractivity contribution is 0.160. The maximum atomic E-state index is 13.3. The summed E-state index contributed by atoms with van der Waals surface area (Å²) < 4.78 is 13.3. The highest BCUT2D eigenvalue weighted by molar-refractivity contribution is 6.30. The van der Waals surface area contributed by atoms with Crippen LogP contribution in [0.5, 0.6) is 0 Å². The average Bonchev–Trinajstić information content (AvgIpc) is 2.22. The van der Waals surface area contributed by atoms with E-state index in [9.17, 15) is 9.50 Å². The molecular formula is C12H17ClFNO. The Bertz CT molecular complexity index is 333. The van der Waals surface area contributed by atoms with Crippen molar-refractivity contribution < 1.29 is 9.50 Å². The molecule has 4 heteroatoms. The lowest BCUT2D eigenvalue weighted by Gasteiger charge is -2.11. The summed E-state index contributed by atoms with van der Waals surface area (Å²) in [5.74, 6) is -0.315. The Balaban J connectivity index is 2.37. The van der Waals surface area contributed by atoms with Gasteiger partial charge in [0.1, 0.15) is 5.82 Å². The van der Waals surface area contributed by atoms with Crippen LogP contribution in [0.25, 0.3) is 0 Å².